The molecule has 3 rings (SSSR count). The van der Waals surface area contributed by atoms with Gasteiger partial charge in [-0.2, -0.15) is 13.7 Å². The fourth-order valence-electron chi connectivity index (χ4n) is 2.85. The van der Waals surface area contributed by atoms with Crippen molar-refractivity contribution >= 4 is 27.5 Å². The number of nitrogens with zero attached hydrogens (tertiary/aromatic N) is 4. The number of aromatic nitrogens is 1. The predicted octanol–water partition coefficient (Wildman–Crippen LogP) is 1.50. The molecule has 0 bridgehead atoms. The van der Waals surface area contributed by atoms with Gasteiger partial charge in [0.25, 0.3) is 16.0 Å². The summed E-state index contributed by atoms with van der Waals surface area (Å²) in [6.45, 7) is 2.70. The standard InChI is InChI=1S/C19H19N5O4S/c20-13-15(19(25)22-16-4-6-17(7-5-16)29(26,27)28)14-23-9-11-24(12-10-23)18-3-1-2-8-21-18/h1-8,14H,9-12H2,(H,22,25)(H,26,27,28)/b15-14-. The normalized spacial score (nSPS) is 15.0. The summed E-state index contributed by atoms with van der Waals surface area (Å²) in [5.74, 6) is 0.294. The summed E-state index contributed by atoms with van der Waals surface area (Å²) in [5, 5.41) is 11.9. The number of benzene rings is 1. The molecule has 29 heavy (non-hydrogen) atoms. The number of piperazine rings is 1. The number of nitriles is 1. The molecule has 10 heteroatoms. The molecule has 0 saturated carbocycles. The number of carbonyl (C=O) groups is 1. The SMILES string of the molecule is N#C/C(=C/N1CCN(c2ccccn2)CC1)C(=O)Nc1ccc(S(=O)(=O)O)cc1. The van der Waals surface area contributed by atoms with Gasteiger partial charge in [0, 0.05) is 44.3 Å². The van der Waals surface area contributed by atoms with Crippen LogP contribution in [0.5, 0.6) is 0 Å². The van der Waals surface area contributed by atoms with Gasteiger partial charge in [0.15, 0.2) is 0 Å². The van der Waals surface area contributed by atoms with Gasteiger partial charge in [-0.15, -0.1) is 0 Å². The van der Waals surface area contributed by atoms with E-state index in [1.54, 1.807) is 6.20 Å². The topological polar surface area (TPSA) is 127 Å². The van der Waals surface area contributed by atoms with E-state index in [9.17, 15) is 18.5 Å². The lowest BCUT2D eigenvalue weighted by atomic mass is 10.2. The molecule has 2 heterocycles. The van der Waals surface area contributed by atoms with Gasteiger partial charge in [0.05, 0.1) is 4.90 Å². The third-order valence-electron chi connectivity index (χ3n) is 4.37. The Bertz CT molecular complexity index is 1040. The second kappa shape index (κ2) is 8.72. The molecule has 1 aromatic heterocycles. The summed E-state index contributed by atoms with van der Waals surface area (Å²) in [7, 11) is -4.30. The molecule has 1 fully saturated rings. The van der Waals surface area contributed by atoms with Gasteiger partial charge < -0.3 is 15.1 Å². The van der Waals surface area contributed by atoms with Gasteiger partial charge in [-0.05, 0) is 36.4 Å². The van der Waals surface area contributed by atoms with Crippen LogP contribution in [0.3, 0.4) is 0 Å². The molecule has 2 aromatic rings. The number of hydrogen-bond donors (Lipinski definition) is 2. The molecule has 1 amide bonds. The second-order valence-electron chi connectivity index (χ2n) is 6.32. The average molecular weight is 413 g/mol. The van der Waals surface area contributed by atoms with Crippen molar-refractivity contribution in [3.05, 3.63) is 60.4 Å². The first-order valence-electron chi connectivity index (χ1n) is 8.78. The van der Waals surface area contributed by atoms with Crippen molar-refractivity contribution in [1.29, 1.82) is 5.26 Å². The van der Waals surface area contributed by atoms with Gasteiger partial charge >= 0.3 is 0 Å². The molecule has 1 aliphatic rings. The molecule has 1 aliphatic heterocycles. The zero-order chi connectivity index (χ0) is 20.9. The lowest BCUT2D eigenvalue weighted by Gasteiger charge is -2.34. The highest BCUT2D eigenvalue weighted by Crippen LogP contribution is 2.16. The Morgan fingerprint density at radius 1 is 1.14 bits per heavy atom. The largest absolute Gasteiger partial charge is 0.373 e. The number of nitrogens with one attached hydrogen (secondary N) is 1. The fraction of sp³-hybridized carbons (Fsp3) is 0.211. The molecule has 0 radical (unpaired) electrons. The number of hydrogen-bond acceptors (Lipinski definition) is 7. The summed E-state index contributed by atoms with van der Waals surface area (Å²) >= 11 is 0. The average Bonchev–Trinajstić information content (AvgIpc) is 2.73. The maximum Gasteiger partial charge on any atom is 0.294 e. The van der Waals surface area contributed by atoms with E-state index < -0.39 is 16.0 Å². The van der Waals surface area contributed by atoms with Crippen LogP contribution in [-0.4, -0.2) is 54.9 Å². The molecular weight excluding hydrogens is 394 g/mol. The van der Waals surface area contributed by atoms with Gasteiger partial charge in [-0.3, -0.25) is 9.35 Å². The van der Waals surface area contributed by atoms with Crippen LogP contribution >= 0.6 is 0 Å². The van der Waals surface area contributed by atoms with Crippen LogP contribution in [-0.2, 0) is 14.9 Å². The smallest absolute Gasteiger partial charge is 0.294 e. The Kier molecular flexibility index (Phi) is 6.11. The Morgan fingerprint density at radius 3 is 2.38 bits per heavy atom. The van der Waals surface area contributed by atoms with E-state index in [1.807, 2.05) is 29.2 Å². The Labute approximate surface area is 168 Å². The van der Waals surface area contributed by atoms with Crippen LogP contribution in [0.1, 0.15) is 0 Å². The number of amides is 1. The quantitative estimate of drug-likeness (QED) is 0.429. The third kappa shape index (κ3) is 5.31. The summed E-state index contributed by atoms with van der Waals surface area (Å²) in [5.41, 5.74) is 0.249. The van der Waals surface area contributed by atoms with E-state index in [4.69, 9.17) is 4.55 Å². The Hall–Kier alpha value is -3.42. The molecule has 0 unspecified atom stereocenters. The van der Waals surface area contributed by atoms with Crippen LogP contribution < -0.4 is 10.2 Å². The van der Waals surface area contributed by atoms with Gasteiger partial charge in [0.1, 0.15) is 17.5 Å². The maximum atomic E-state index is 12.4. The second-order valence-corrected chi connectivity index (χ2v) is 7.74. The van der Waals surface area contributed by atoms with E-state index in [0.29, 0.717) is 31.9 Å². The van der Waals surface area contributed by atoms with Crippen LogP contribution in [0.2, 0.25) is 0 Å². The van der Waals surface area contributed by atoms with Crippen molar-refractivity contribution in [3.63, 3.8) is 0 Å². The monoisotopic (exact) mass is 413 g/mol. The number of pyridine rings is 1. The lowest BCUT2D eigenvalue weighted by molar-refractivity contribution is -0.112. The van der Waals surface area contributed by atoms with Crippen molar-refractivity contribution in [2.45, 2.75) is 4.90 Å². The fourth-order valence-corrected chi connectivity index (χ4v) is 3.33. The molecule has 2 N–H and O–H groups in total. The molecule has 0 aliphatic carbocycles. The number of carbonyl (C=O) groups excluding carboxylic acids is 1. The molecular formula is C19H19N5O4S. The minimum atomic E-state index is -4.30. The minimum absolute atomic E-state index is 0.0601. The first-order chi connectivity index (χ1) is 13.9. The van der Waals surface area contributed by atoms with Gasteiger partial charge in [-0.25, -0.2) is 4.98 Å². The molecule has 0 spiro atoms. The van der Waals surface area contributed by atoms with Crippen LogP contribution in [0, 0.1) is 11.3 Å². The van der Waals surface area contributed by atoms with E-state index in [-0.39, 0.29) is 10.5 Å². The molecule has 1 saturated heterocycles. The third-order valence-corrected chi connectivity index (χ3v) is 5.24. The highest BCUT2D eigenvalue weighted by molar-refractivity contribution is 7.85. The maximum absolute atomic E-state index is 12.4. The van der Waals surface area contributed by atoms with E-state index in [1.165, 1.54) is 18.3 Å². The lowest BCUT2D eigenvalue weighted by Crippen LogP contribution is -2.44. The van der Waals surface area contributed by atoms with Crippen molar-refractivity contribution in [1.82, 2.24) is 9.88 Å². The van der Waals surface area contributed by atoms with Gasteiger partial charge in [-0.1, -0.05) is 6.07 Å². The van der Waals surface area contributed by atoms with Crippen molar-refractivity contribution in [2.24, 2.45) is 0 Å². The summed E-state index contributed by atoms with van der Waals surface area (Å²) in [4.78, 5) is 20.4. The van der Waals surface area contributed by atoms with E-state index in [2.05, 4.69) is 15.2 Å². The van der Waals surface area contributed by atoms with E-state index in [0.717, 1.165) is 18.0 Å². The summed E-state index contributed by atoms with van der Waals surface area (Å²) in [6.07, 6.45) is 3.26. The molecule has 1 aromatic carbocycles. The van der Waals surface area contributed by atoms with Crippen molar-refractivity contribution < 1.29 is 17.8 Å². The Balaban J connectivity index is 1.61. The van der Waals surface area contributed by atoms with Crippen LogP contribution in [0.15, 0.2) is 65.3 Å². The summed E-state index contributed by atoms with van der Waals surface area (Å²) in [6, 6.07) is 12.6. The molecule has 9 nitrogen and oxygen atoms in total. The first kappa shape index (κ1) is 20.3. The zero-order valence-corrected chi connectivity index (χ0v) is 16.2. The van der Waals surface area contributed by atoms with Crippen molar-refractivity contribution in [3.8, 4) is 6.07 Å². The zero-order valence-electron chi connectivity index (χ0n) is 15.4. The first-order valence-corrected chi connectivity index (χ1v) is 10.2. The molecule has 150 valence electrons. The highest BCUT2D eigenvalue weighted by Gasteiger charge is 2.18. The minimum Gasteiger partial charge on any atom is -0.373 e. The van der Waals surface area contributed by atoms with Crippen LogP contribution in [0.4, 0.5) is 11.5 Å². The van der Waals surface area contributed by atoms with Crippen LogP contribution in [0.25, 0.3) is 0 Å². The van der Waals surface area contributed by atoms with E-state index >= 15 is 0 Å². The number of rotatable bonds is 5. The Morgan fingerprint density at radius 2 is 1.83 bits per heavy atom. The van der Waals surface area contributed by atoms with Gasteiger partial charge in [0.2, 0.25) is 0 Å². The highest BCUT2D eigenvalue weighted by atomic mass is 32.2. The summed E-state index contributed by atoms with van der Waals surface area (Å²) < 4.78 is 31.1. The number of anilines is 2. The van der Waals surface area contributed by atoms with Crippen molar-refractivity contribution in [2.75, 3.05) is 36.4 Å². The molecule has 0 atom stereocenters. The predicted molar refractivity (Wildman–Crippen MR) is 107 cm³/mol.